The van der Waals surface area contributed by atoms with Crippen molar-refractivity contribution >= 4 is 11.4 Å². The molecule has 0 aliphatic heterocycles. The van der Waals surface area contributed by atoms with Crippen molar-refractivity contribution in [2.45, 2.75) is 6.42 Å². The average molecular weight is 204 g/mol. The Morgan fingerprint density at radius 3 is 1.81 bits per heavy atom. The maximum absolute atomic E-state index is 9.30. The van der Waals surface area contributed by atoms with Gasteiger partial charge in [-0.2, -0.15) is 0 Å². The van der Waals surface area contributed by atoms with Crippen LogP contribution in [-0.2, 0) is 6.42 Å². The molecule has 0 saturated heterocycles. The number of hydrogen-bond donors (Lipinski definition) is 0. The summed E-state index contributed by atoms with van der Waals surface area (Å²) in [5.41, 5.74) is 5.47. The van der Waals surface area contributed by atoms with Gasteiger partial charge in [0.05, 0.1) is 0 Å². The van der Waals surface area contributed by atoms with Crippen molar-refractivity contribution in [1.82, 2.24) is 0 Å². The molecule has 16 heavy (non-hydrogen) atoms. The van der Waals surface area contributed by atoms with Crippen molar-refractivity contribution in [3.05, 3.63) is 76.2 Å². The number of benzene rings is 2. The fraction of sp³-hybridized carbons (Fsp3) is 0.0667. The van der Waals surface area contributed by atoms with Crippen LogP contribution in [0.5, 0.6) is 0 Å². The van der Waals surface area contributed by atoms with Gasteiger partial charge >= 0.3 is 0 Å². The predicted octanol–water partition coefficient (Wildman–Crippen LogP) is 3.26. The summed E-state index contributed by atoms with van der Waals surface area (Å²) in [5.74, 6) is 2.33. The van der Waals surface area contributed by atoms with E-state index in [1.165, 1.54) is 11.1 Å². The first kappa shape index (κ1) is 9.14. The van der Waals surface area contributed by atoms with Crippen LogP contribution in [0.3, 0.4) is 0 Å². The van der Waals surface area contributed by atoms with Gasteiger partial charge in [0.25, 0.3) is 0 Å². The Kier molecular flexibility index (Phi) is 1.99. The quantitative estimate of drug-likeness (QED) is 0.501. The van der Waals surface area contributed by atoms with Gasteiger partial charge in [0, 0.05) is 5.57 Å². The Labute approximate surface area is 94.6 Å². The average Bonchev–Trinajstić information content (AvgIpc) is 2.36. The van der Waals surface area contributed by atoms with Crippen LogP contribution < -0.4 is 0 Å². The molecule has 1 aliphatic rings. The third-order valence-corrected chi connectivity index (χ3v) is 3.07. The fourth-order valence-electron chi connectivity index (χ4n) is 2.31. The molecular formula is C15H10N-. The van der Waals surface area contributed by atoms with Crippen LogP contribution in [0.15, 0.2) is 48.5 Å². The molecule has 0 fully saturated rings. The maximum atomic E-state index is 9.30. The third-order valence-electron chi connectivity index (χ3n) is 3.07. The molecule has 0 heterocycles. The summed E-state index contributed by atoms with van der Waals surface area (Å²) in [6, 6.07) is 16.3. The third kappa shape index (κ3) is 1.23. The van der Waals surface area contributed by atoms with Gasteiger partial charge in [0.15, 0.2) is 0 Å². The highest BCUT2D eigenvalue weighted by atomic mass is 14.3. The number of fused-ring (bicyclic) bond motifs is 2. The summed E-state index contributed by atoms with van der Waals surface area (Å²) in [4.78, 5) is 0. The molecule has 1 aliphatic carbocycles. The zero-order valence-corrected chi connectivity index (χ0v) is 8.77. The molecule has 2 aromatic rings. The van der Waals surface area contributed by atoms with Crippen molar-refractivity contribution < 1.29 is 0 Å². The van der Waals surface area contributed by atoms with E-state index in [0.717, 1.165) is 23.1 Å². The summed E-state index contributed by atoms with van der Waals surface area (Å²) in [6.45, 7) is 0. The van der Waals surface area contributed by atoms with Crippen LogP contribution in [0.25, 0.3) is 11.0 Å². The van der Waals surface area contributed by atoms with Gasteiger partial charge in [0.1, 0.15) is 0 Å². The monoisotopic (exact) mass is 204 g/mol. The highest BCUT2D eigenvalue weighted by Crippen LogP contribution is 2.33. The van der Waals surface area contributed by atoms with Crippen molar-refractivity contribution in [2.75, 3.05) is 0 Å². The van der Waals surface area contributed by atoms with Crippen LogP contribution in [-0.4, -0.2) is 5.87 Å². The summed E-state index contributed by atoms with van der Waals surface area (Å²) in [7, 11) is 0. The summed E-state index contributed by atoms with van der Waals surface area (Å²) < 4.78 is 0. The lowest BCUT2D eigenvalue weighted by molar-refractivity contribution is 1.14. The first-order valence-corrected chi connectivity index (χ1v) is 5.34. The second-order valence-electron chi connectivity index (χ2n) is 3.98. The molecule has 76 valence electrons. The van der Waals surface area contributed by atoms with E-state index in [-0.39, 0.29) is 0 Å². The molecule has 0 atom stereocenters. The maximum Gasteiger partial charge on any atom is 0.00797 e. The predicted molar refractivity (Wildman–Crippen MR) is 66.6 cm³/mol. The van der Waals surface area contributed by atoms with E-state index in [1.807, 2.05) is 36.4 Å². The molecule has 0 bridgehead atoms. The van der Waals surface area contributed by atoms with E-state index in [0.29, 0.717) is 0 Å². The Balaban J connectivity index is 2.32. The lowest BCUT2D eigenvalue weighted by Crippen LogP contribution is -2.06. The first-order chi connectivity index (χ1) is 7.90. The van der Waals surface area contributed by atoms with Gasteiger partial charge in [0.2, 0.25) is 0 Å². The normalized spacial score (nSPS) is 12.6. The van der Waals surface area contributed by atoms with Crippen molar-refractivity contribution in [3.8, 4) is 0 Å². The van der Waals surface area contributed by atoms with Gasteiger partial charge < -0.3 is 5.41 Å². The number of hydrogen-bond acceptors (Lipinski definition) is 0. The van der Waals surface area contributed by atoms with Crippen LogP contribution in [0.1, 0.15) is 22.3 Å². The van der Waals surface area contributed by atoms with Crippen molar-refractivity contribution in [1.29, 1.82) is 0 Å². The standard InChI is InChI=1S/C15H10N/c16-10-15-13-7-3-1-5-11(13)9-12-6-2-4-8-14(12)15/h1-8H,9H2/q-1. The van der Waals surface area contributed by atoms with Crippen LogP contribution in [0.4, 0.5) is 0 Å². The van der Waals surface area contributed by atoms with E-state index in [2.05, 4.69) is 18.0 Å². The highest BCUT2D eigenvalue weighted by molar-refractivity contribution is 6.02. The Hall–Kier alpha value is -2.11. The second-order valence-corrected chi connectivity index (χ2v) is 3.98. The van der Waals surface area contributed by atoms with E-state index < -0.39 is 0 Å². The van der Waals surface area contributed by atoms with Crippen LogP contribution in [0, 0.1) is 0 Å². The van der Waals surface area contributed by atoms with Crippen LogP contribution in [0.2, 0.25) is 0 Å². The topological polar surface area (TPSA) is 22.3 Å². The highest BCUT2D eigenvalue weighted by Gasteiger charge is 2.17. The minimum atomic E-state index is 0.803. The number of nitrogens with zero attached hydrogens (tertiary/aromatic N) is 1. The molecule has 1 heteroatoms. The van der Waals surface area contributed by atoms with Gasteiger partial charge in [-0.05, 0) is 28.7 Å². The lowest BCUT2D eigenvalue weighted by atomic mass is 9.83. The molecule has 0 unspecified atom stereocenters. The molecule has 3 rings (SSSR count). The molecule has 0 aromatic heterocycles. The minimum absolute atomic E-state index is 0.803. The van der Waals surface area contributed by atoms with E-state index in [4.69, 9.17) is 0 Å². The smallest absolute Gasteiger partial charge is 0.00797 e. The van der Waals surface area contributed by atoms with E-state index in [1.54, 1.807) is 0 Å². The molecular weight excluding hydrogens is 194 g/mol. The molecule has 0 amide bonds. The van der Waals surface area contributed by atoms with Crippen molar-refractivity contribution in [3.63, 3.8) is 0 Å². The Morgan fingerprint density at radius 1 is 0.812 bits per heavy atom. The molecule has 2 aromatic carbocycles. The van der Waals surface area contributed by atoms with Crippen molar-refractivity contribution in [2.24, 2.45) is 0 Å². The lowest BCUT2D eigenvalue weighted by Gasteiger charge is -2.21. The summed E-state index contributed by atoms with van der Waals surface area (Å²) >= 11 is 0. The molecule has 0 radical (unpaired) electrons. The molecule has 0 N–H and O–H groups in total. The molecule has 0 spiro atoms. The first-order valence-electron chi connectivity index (χ1n) is 5.34. The SMILES string of the molecule is [N-]=C=C1c2ccccc2Cc2ccccc21. The molecule has 1 nitrogen and oxygen atoms in total. The summed E-state index contributed by atoms with van der Waals surface area (Å²) in [6.07, 6.45) is 0.928. The molecule has 0 saturated carbocycles. The number of rotatable bonds is 0. The van der Waals surface area contributed by atoms with Gasteiger partial charge in [-0.1, -0.05) is 48.5 Å². The van der Waals surface area contributed by atoms with Gasteiger partial charge in [-0.25, -0.2) is 0 Å². The summed E-state index contributed by atoms with van der Waals surface area (Å²) in [5, 5.41) is 9.30. The second kappa shape index (κ2) is 3.48. The van der Waals surface area contributed by atoms with Crippen LogP contribution >= 0.6 is 0 Å². The Bertz CT molecular complexity index is 557. The van der Waals surface area contributed by atoms with E-state index in [9.17, 15) is 5.41 Å². The minimum Gasteiger partial charge on any atom is -0.763 e. The van der Waals surface area contributed by atoms with E-state index >= 15 is 0 Å². The zero-order valence-electron chi connectivity index (χ0n) is 8.77. The Morgan fingerprint density at radius 2 is 1.31 bits per heavy atom. The zero-order chi connectivity index (χ0) is 11.0. The largest absolute Gasteiger partial charge is 0.763 e. The fourth-order valence-corrected chi connectivity index (χ4v) is 2.31. The van der Waals surface area contributed by atoms with Gasteiger partial charge in [-0.3, -0.25) is 5.87 Å². The van der Waals surface area contributed by atoms with Gasteiger partial charge in [-0.15, -0.1) is 0 Å².